The summed E-state index contributed by atoms with van der Waals surface area (Å²) in [6, 6.07) is 15.4. The first-order valence-electron chi connectivity index (χ1n) is 12.0. The molecule has 1 saturated heterocycles. The number of aromatic nitrogens is 1. The van der Waals surface area contributed by atoms with Crippen LogP contribution in [-0.4, -0.2) is 33.5 Å². The molecule has 7 heteroatoms. The topological polar surface area (TPSA) is 83.8 Å². The van der Waals surface area contributed by atoms with Crippen LogP contribution in [0.2, 0.25) is 0 Å². The summed E-state index contributed by atoms with van der Waals surface area (Å²) in [7, 11) is 0. The Hall–Kier alpha value is -4.00. The standard InChI is InChI=1S/C28H26N4O3/c1-16-7-3-5-9-22(16)30-24(33)15-31-17(2)21(20-8-4-6-10-23(20)31)14-29-32-27(34)25-18-11-12-19(13-18)26(25)28(32)35/h3-12,14,18-19,25-26H,13,15H2,1-2H3,(H,30,33). The van der Waals surface area contributed by atoms with Crippen molar-refractivity contribution in [3.63, 3.8) is 0 Å². The van der Waals surface area contributed by atoms with Crippen LogP contribution in [0, 0.1) is 37.5 Å². The number of carbonyl (C=O) groups is 3. The summed E-state index contributed by atoms with van der Waals surface area (Å²) in [4.78, 5) is 38.9. The number of carbonyl (C=O) groups excluding carboxylic acids is 3. The lowest BCUT2D eigenvalue weighted by molar-refractivity contribution is -0.140. The molecule has 2 fully saturated rings. The third kappa shape index (κ3) is 3.33. The number of aryl methyl sites for hydroxylation is 1. The number of allylic oxidation sites excluding steroid dienone is 2. The zero-order valence-electron chi connectivity index (χ0n) is 19.6. The van der Waals surface area contributed by atoms with Crippen molar-refractivity contribution in [3.05, 3.63) is 77.5 Å². The van der Waals surface area contributed by atoms with Crippen LogP contribution in [-0.2, 0) is 20.9 Å². The number of fused-ring (bicyclic) bond motifs is 6. The van der Waals surface area contributed by atoms with Gasteiger partial charge in [-0.1, -0.05) is 48.6 Å². The highest BCUT2D eigenvalue weighted by molar-refractivity contribution is 6.08. The Kier molecular flexibility index (Phi) is 4.95. The summed E-state index contributed by atoms with van der Waals surface area (Å²) in [5.74, 6) is -0.787. The fourth-order valence-corrected chi connectivity index (χ4v) is 5.99. The van der Waals surface area contributed by atoms with Crippen molar-refractivity contribution in [2.45, 2.75) is 26.8 Å². The minimum absolute atomic E-state index is 0.132. The Morgan fingerprint density at radius 2 is 1.66 bits per heavy atom. The number of nitrogens with one attached hydrogen (secondary N) is 1. The largest absolute Gasteiger partial charge is 0.335 e. The molecular formula is C28H26N4O3. The number of hydrogen-bond acceptors (Lipinski definition) is 4. The molecule has 2 aromatic carbocycles. The number of amides is 3. The van der Waals surface area contributed by atoms with Gasteiger partial charge in [-0.15, -0.1) is 0 Å². The van der Waals surface area contributed by atoms with Crippen molar-refractivity contribution in [2.75, 3.05) is 5.32 Å². The second-order valence-corrected chi connectivity index (χ2v) is 9.70. The molecule has 3 aliphatic rings. The fourth-order valence-electron chi connectivity index (χ4n) is 5.99. The van der Waals surface area contributed by atoms with E-state index >= 15 is 0 Å². The van der Waals surface area contributed by atoms with E-state index in [9.17, 15) is 14.4 Å². The van der Waals surface area contributed by atoms with Crippen LogP contribution >= 0.6 is 0 Å². The van der Waals surface area contributed by atoms with Crippen molar-refractivity contribution in [1.82, 2.24) is 9.58 Å². The van der Waals surface area contributed by atoms with E-state index in [1.165, 1.54) is 0 Å². The summed E-state index contributed by atoms with van der Waals surface area (Å²) < 4.78 is 1.94. The SMILES string of the molecule is Cc1ccccc1NC(=O)Cn1c(C)c(C=NN2C(=O)C3C4C=CC(C4)C3C2=O)c2ccccc21. The lowest BCUT2D eigenvalue weighted by Gasteiger charge is -2.13. The van der Waals surface area contributed by atoms with Crippen molar-refractivity contribution < 1.29 is 14.4 Å². The van der Waals surface area contributed by atoms with Gasteiger partial charge < -0.3 is 9.88 Å². The average Bonchev–Trinajstić information content (AvgIpc) is 3.59. The minimum atomic E-state index is -0.276. The third-order valence-corrected chi connectivity index (χ3v) is 7.75. The van der Waals surface area contributed by atoms with Gasteiger partial charge in [0.2, 0.25) is 5.91 Å². The van der Waals surface area contributed by atoms with Crippen molar-refractivity contribution >= 4 is 40.5 Å². The zero-order valence-corrected chi connectivity index (χ0v) is 19.6. The zero-order chi connectivity index (χ0) is 24.3. The van der Waals surface area contributed by atoms with Crippen molar-refractivity contribution in [2.24, 2.45) is 28.8 Å². The Balaban J connectivity index is 1.29. The maximum Gasteiger partial charge on any atom is 0.254 e. The van der Waals surface area contributed by atoms with Gasteiger partial charge in [0.05, 0.1) is 18.1 Å². The van der Waals surface area contributed by atoms with Gasteiger partial charge in [0.1, 0.15) is 6.54 Å². The van der Waals surface area contributed by atoms with Gasteiger partial charge >= 0.3 is 0 Å². The predicted octanol–water partition coefficient (Wildman–Crippen LogP) is 4.04. The summed E-state index contributed by atoms with van der Waals surface area (Å²) in [6.45, 7) is 4.02. The molecule has 0 radical (unpaired) electrons. The van der Waals surface area contributed by atoms with E-state index in [4.69, 9.17) is 0 Å². The van der Waals surface area contributed by atoms with E-state index < -0.39 is 0 Å². The number of benzene rings is 2. The van der Waals surface area contributed by atoms with Crippen molar-refractivity contribution in [1.29, 1.82) is 0 Å². The fraction of sp³-hybridized carbons (Fsp3) is 0.286. The maximum absolute atomic E-state index is 13.0. The highest BCUT2D eigenvalue weighted by Gasteiger charge is 2.59. The molecule has 6 rings (SSSR count). The maximum atomic E-state index is 13.0. The number of imide groups is 1. The molecule has 2 aliphatic carbocycles. The molecule has 2 heterocycles. The van der Waals surface area contributed by atoms with E-state index in [1.54, 1.807) is 6.21 Å². The Morgan fingerprint density at radius 3 is 2.37 bits per heavy atom. The van der Waals surface area contributed by atoms with Gasteiger partial charge in [-0.05, 0) is 49.8 Å². The van der Waals surface area contributed by atoms with E-state index in [-0.39, 0.29) is 47.9 Å². The van der Waals surface area contributed by atoms with Gasteiger partial charge in [-0.3, -0.25) is 14.4 Å². The summed E-state index contributed by atoms with van der Waals surface area (Å²) in [6.07, 6.45) is 6.63. The molecule has 176 valence electrons. The molecule has 35 heavy (non-hydrogen) atoms. The average molecular weight is 467 g/mol. The smallest absolute Gasteiger partial charge is 0.254 e. The van der Waals surface area contributed by atoms with Gasteiger partial charge in [-0.2, -0.15) is 10.1 Å². The molecule has 2 bridgehead atoms. The molecule has 4 atom stereocenters. The highest BCUT2D eigenvalue weighted by Crippen LogP contribution is 2.52. The number of anilines is 1. The summed E-state index contributed by atoms with van der Waals surface area (Å²) in [5.41, 5.74) is 4.31. The molecule has 1 saturated carbocycles. The van der Waals surface area contributed by atoms with Crippen molar-refractivity contribution in [3.8, 4) is 0 Å². The molecule has 4 unspecified atom stereocenters. The second kappa shape index (κ2) is 8.05. The van der Waals surface area contributed by atoms with Crippen LogP contribution < -0.4 is 5.32 Å². The van der Waals surface area contributed by atoms with Crippen LogP contribution in [0.25, 0.3) is 10.9 Å². The van der Waals surface area contributed by atoms with Crippen LogP contribution in [0.5, 0.6) is 0 Å². The molecule has 3 aromatic rings. The van der Waals surface area contributed by atoms with Gasteiger partial charge in [-0.25, -0.2) is 0 Å². The van der Waals surface area contributed by atoms with E-state index in [0.717, 1.165) is 44.8 Å². The number of rotatable bonds is 5. The molecule has 0 spiro atoms. The predicted molar refractivity (Wildman–Crippen MR) is 134 cm³/mol. The molecular weight excluding hydrogens is 440 g/mol. The molecule has 1 N–H and O–H groups in total. The lowest BCUT2D eigenvalue weighted by Crippen LogP contribution is -2.28. The quantitative estimate of drug-likeness (QED) is 0.350. The van der Waals surface area contributed by atoms with E-state index in [1.807, 2.05) is 66.9 Å². The van der Waals surface area contributed by atoms with Gasteiger partial charge in [0.25, 0.3) is 11.8 Å². The number of para-hydroxylation sites is 2. The lowest BCUT2D eigenvalue weighted by atomic mass is 9.85. The molecule has 3 amide bonds. The van der Waals surface area contributed by atoms with Crippen LogP contribution in [0.1, 0.15) is 23.2 Å². The number of hydrogen-bond donors (Lipinski definition) is 1. The van der Waals surface area contributed by atoms with Crippen LogP contribution in [0.4, 0.5) is 5.69 Å². The van der Waals surface area contributed by atoms with E-state index in [2.05, 4.69) is 22.6 Å². The third-order valence-electron chi connectivity index (χ3n) is 7.75. The van der Waals surface area contributed by atoms with Crippen LogP contribution in [0.3, 0.4) is 0 Å². The van der Waals surface area contributed by atoms with E-state index in [0.29, 0.717) is 0 Å². The summed E-state index contributed by atoms with van der Waals surface area (Å²) >= 11 is 0. The minimum Gasteiger partial charge on any atom is -0.335 e. The van der Waals surface area contributed by atoms with Gasteiger partial charge in [0.15, 0.2) is 0 Å². The first-order valence-corrected chi connectivity index (χ1v) is 12.0. The Morgan fingerprint density at radius 1 is 1.00 bits per heavy atom. The Labute approximate surface area is 203 Å². The molecule has 1 aromatic heterocycles. The molecule has 7 nitrogen and oxygen atoms in total. The second-order valence-electron chi connectivity index (χ2n) is 9.70. The monoisotopic (exact) mass is 466 g/mol. The molecule has 1 aliphatic heterocycles. The number of nitrogens with zero attached hydrogens (tertiary/aromatic N) is 3. The normalized spacial score (nSPS) is 24.8. The summed E-state index contributed by atoms with van der Waals surface area (Å²) in [5, 5.41) is 9.36. The first kappa shape index (κ1) is 21.5. The highest BCUT2D eigenvalue weighted by atomic mass is 16.2. The first-order chi connectivity index (χ1) is 16.9. The number of hydrazone groups is 1. The van der Waals surface area contributed by atoms with Crippen LogP contribution in [0.15, 0.2) is 65.8 Å². The Bertz CT molecular complexity index is 1420. The van der Waals surface area contributed by atoms with Gasteiger partial charge in [0, 0.05) is 27.8 Å².